The predicted octanol–water partition coefficient (Wildman–Crippen LogP) is 2.95. The molecule has 0 radical (unpaired) electrons. The number of amides is 1. The molecule has 2 aromatic carbocycles. The molecule has 23 heavy (non-hydrogen) atoms. The average molecular weight is 311 g/mol. The van der Waals surface area contributed by atoms with E-state index in [2.05, 4.69) is 15.8 Å². The van der Waals surface area contributed by atoms with Gasteiger partial charge in [-0.3, -0.25) is 4.79 Å². The van der Waals surface area contributed by atoms with E-state index in [1.165, 1.54) is 5.56 Å². The Morgan fingerprint density at radius 1 is 1.13 bits per heavy atom. The van der Waals surface area contributed by atoms with Gasteiger partial charge in [0.2, 0.25) is 0 Å². The first-order valence-corrected chi connectivity index (χ1v) is 7.38. The molecule has 0 fully saturated rings. The summed E-state index contributed by atoms with van der Waals surface area (Å²) in [4.78, 5) is 12.0. The van der Waals surface area contributed by atoms with Gasteiger partial charge in [0.1, 0.15) is 11.8 Å². The van der Waals surface area contributed by atoms with Gasteiger partial charge in [-0.2, -0.15) is 5.10 Å². The van der Waals surface area contributed by atoms with E-state index in [0.717, 1.165) is 17.0 Å². The Balaban J connectivity index is 1.85. The normalized spacial score (nSPS) is 12.0. The van der Waals surface area contributed by atoms with Crippen LogP contribution in [0.2, 0.25) is 0 Å². The van der Waals surface area contributed by atoms with Gasteiger partial charge in [-0.15, -0.1) is 0 Å². The van der Waals surface area contributed by atoms with Crippen molar-refractivity contribution in [3.63, 3.8) is 0 Å². The van der Waals surface area contributed by atoms with Gasteiger partial charge in [0.15, 0.2) is 0 Å². The molecule has 1 unspecified atom stereocenters. The van der Waals surface area contributed by atoms with Crippen molar-refractivity contribution in [3.05, 3.63) is 59.7 Å². The minimum atomic E-state index is -0.384. The minimum Gasteiger partial charge on any atom is -0.497 e. The van der Waals surface area contributed by atoms with Crippen LogP contribution in [0.5, 0.6) is 5.75 Å². The summed E-state index contributed by atoms with van der Waals surface area (Å²) >= 11 is 0. The third-order valence-corrected chi connectivity index (χ3v) is 3.33. The van der Waals surface area contributed by atoms with Crippen molar-refractivity contribution in [1.82, 2.24) is 5.43 Å². The molecular weight excluding hydrogens is 290 g/mol. The average Bonchev–Trinajstić information content (AvgIpc) is 2.57. The second-order valence-corrected chi connectivity index (χ2v) is 5.24. The second-order valence-electron chi connectivity index (χ2n) is 5.24. The van der Waals surface area contributed by atoms with Crippen LogP contribution >= 0.6 is 0 Å². The summed E-state index contributed by atoms with van der Waals surface area (Å²) in [6.07, 6.45) is 1.59. The molecule has 0 saturated heterocycles. The van der Waals surface area contributed by atoms with Crippen LogP contribution in [-0.4, -0.2) is 25.3 Å². The Kier molecular flexibility index (Phi) is 5.74. The Labute approximate surface area is 136 Å². The molecule has 120 valence electrons. The zero-order valence-corrected chi connectivity index (χ0v) is 13.5. The summed E-state index contributed by atoms with van der Waals surface area (Å²) in [5, 5.41) is 7.10. The number of methoxy groups -OCH3 is 1. The molecule has 2 aromatic rings. The molecule has 0 aliphatic carbocycles. The molecule has 5 heteroatoms. The van der Waals surface area contributed by atoms with Crippen LogP contribution in [-0.2, 0) is 4.79 Å². The van der Waals surface area contributed by atoms with Crippen molar-refractivity contribution in [2.45, 2.75) is 19.9 Å². The standard InChI is InChI=1S/C18H21N3O2/c1-13-4-8-16(9-5-13)20-14(2)18(22)21-19-12-15-6-10-17(23-3)11-7-15/h4-12,14,20H,1-3H3,(H,21,22)/b19-12+. The zero-order chi connectivity index (χ0) is 16.7. The van der Waals surface area contributed by atoms with Crippen molar-refractivity contribution >= 4 is 17.8 Å². The number of hydrogen-bond acceptors (Lipinski definition) is 4. The molecule has 0 heterocycles. The van der Waals surface area contributed by atoms with E-state index in [1.54, 1.807) is 20.2 Å². The van der Waals surface area contributed by atoms with Crippen molar-refractivity contribution in [3.8, 4) is 5.75 Å². The number of nitrogens with zero attached hydrogens (tertiary/aromatic N) is 1. The van der Waals surface area contributed by atoms with Crippen LogP contribution < -0.4 is 15.5 Å². The van der Waals surface area contributed by atoms with E-state index >= 15 is 0 Å². The summed E-state index contributed by atoms with van der Waals surface area (Å²) in [5.41, 5.74) is 5.49. The Hall–Kier alpha value is -2.82. The lowest BCUT2D eigenvalue weighted by Gasteiger charge is -2.13. The topological polar surface area (TPSA) is 62.7 Å². The number of aryl methyl sites for hydroxylation is 1. The number of hydrogen-bond donors (Lipinski definition) is 2. The molecular formula is C18H21N3O2. The molecule has 1 amide bonds. The predicted molar refractivity (Wildman–Crippen MR) is 93.0 cm³/mol. The van der Waals surface area contributed by atoms with E-state index in [1.807, 2.05) is 55.5 Å². The van der Waals surface area contributed by atoms with Crippen LogP contribution in [0.1, 0.15) is 18.1 Å². The number of carbonyl (C=O) groups is 1. The van der Waals surface area contributed by atoms with Crippen LogP contribution in [0.25, 0.3) is 0 Å². The molecule has 2 rings (SSSR count). The lowest BCUT2D eigenvalue weighted by Crippen LogP contribution is -2.34. The highest BCUT2D eigenvalue weighted by atomic mass is 16.5. The number of anilines is 1. The maximum Gasteiger partial charge on any atom is 0.262 e. The first kappa shape index (κ1) is 16.5. The largest absolute Gasteiger partial charge is 0.497 e. The number of benzene rings is 2. The summed E-state index contributed by atoms with van der Waals surface area (Å²) < 4.78 is 5.08. The number of ether oxygens (including phenoxy) is 1. The third-order valence-electron chi connectivity index (χ3n) is 3.33. The zero-order valence-electron chi connectivity index (χ0n) is 13.5. The molecule has 2 N–H and O–H groups in total. The molecule has 0 aliphatic heterocycles. The van der Waals surface area contributed by atoms with Crippen LogP contribution in [0.4, 0.5) is 5.69 Å². The van der Waals surface area contributed by atoms with Gasteiger partial charge in [0.05, 0.1) is 13.3 Å². The van der Waals surface area contributed by atoms with Gasteiger partial charge in [-0.25, -0.2) is 5.43 Å². The molecule has 0 aliphatic rings. The second kappa shape index (κ2) is 7.98. The van der Waals surface area contributed by atoms with Crippen LogP contribution in [0.3, 0.4) is 0 Å². The lowest BCUT2D eigenvalue weighted by molar-refractivity contribution is -0.121. The summed E-state index contributed by atoms with van der Waals surface area (Å²) in [6.45, 7) is 3.81. The van der Waals surface area contributed by atoms with Gasteiger partial charge in [0, 0.05) is 5.69 Å². The van der Waals surface area contributed by atoms with E-state index in [4.69, 9.17) is 4.74 Å². The van der Waals surface area contributed by atoms with Crippen LogP contribution in [0, 0.1) is 6.92 Å². The smallest absolute Gasteiger partial charge is 0.262 e. The SMILES string of the molecule is COc1ccc(/C=N/NC(=O)C(C)Nc2ccc(C)cc2)cc1. The monoisotopic (exact) mass is 311 g/mol. The number of hydrazone groups is 1. The summed E-state index contributed by atoms with van der Waals surface area (Å²) in [7, 11) is 1.62. The summed E-state index contributed by atoms with van der Waals surface area (Å²) in [6, 6.07) is 14.9. The van der Waals surface area contributed by atoms with Crippen molar-refractivity contribution in [2.24, 2.45) is 5.10 Å². The molecule has 0 saturated carbocycles. The fourth-order valence-electron chi connectivity index (χ4n) is 1.92. The maximum absolute atomic E-state index is 12.0. The lowest BCUT2D eigenvalue weighted by atomic mass is 10.2. The Morgan fingerprint density at radius 2 is 1.78 bits per heavy atom. The molecule has 0 aromatic heterocycles. The van der Waals surface area contributed by atoms with E-state index < -0.39 is 0 Å². The van der Waals surface area contributed by atoms with Crippen molar-refractivity contribution in [1.29, 1.82) is 0 Å². The quantitative estimate of drug-likeness (QED) is 0.637. The first-order chi connectivity index (χ1) is 11.1. The van der Waals surface area contributed by atoms with Gasteiger partial charge >= 0.3 is 0 Å². The first-order valence-electron chi connectivity index (χ1n) is 7.38. The number of rotatable bonds is 6. The third kappa shape index (κ3) is 5.14. The highest BCUT2D eigenvalue weighted by molar-refractivity contribution is 5.86. The highest BCUT2D eigenvalue weighted by Gasteiger charge is 2.11. The number of carbonyl (C=O) groups excluding carboxylic acids is 1. The molecule has 0 bridgehead atoms. The van der Waals surface area contributed by atoms with Gasteiger partial charge in [0.25, 0.3) is 5.91 Å². The van der Waals surface area contributed by atoms with E-state index in [-0.39, 0.29) is 11.9 Å². The fourth-order valence-corrected chi connectivity index (χ4v) is 1.92. The maximum atomic E-state index is 12.0. The van der Waals surface area contributed by atoms with E-state index in [0.29, 0.717) is 0 Å². The highest BCUT2D eigenvalue weighted by Crippen LogP contribution is 2.10. The van der Waals surface area contributed by atoms with Gasteiger partial charge in [-0.05, 0) is 55.8 Å². The molecule has 0 spiro atoms. The minimum absolute atomic E-state index is 0.199. The van der Waals surface area contributed by atoms with Crippen LogP contribution in [0.15, 0.2) is 53.6 Å². The molecule has 5 nitrogen and oxygen atoms in total. The fraction of sp³-hybridized carbons (Fsp3) is 0.222. The molecule has 1 atom stereocenters. The van der Waals surface area contributed by atoms with Crippen molar-refractivity contribution < 1.29 is 9.53 Å². The Morgan fingerprint density at radius 3 is 2.39 bits per heavy atom. The summed E-state index contributed by atoms with van der Waals surface area (Å²) in [5.74, 6) is 0.581. The van der Waals surface area contributed by atoms with E-state index in [9.17, 15) is 4.79 Å². The number of nitrogens with one attached hydrogen (secondary N) is 2. The van der Waals surface area contributed by atoms with Crippen molar-refractivity contribution in [2.75, 3.05) is 12.4 Å². The van der Waals surface area contributed by atoms with Gasteiger partial charge in [-0.1, -0.05) is 17.7 Å². The Bertz CT molecular complexity index is 664. The van der Waals surface area contributed by atoms with Gasteiger partial charge < -0.3 is 10.1 Å².